The maximum atomic E-state index is 12.0. The molecule has 116 valence electrons. The van der Waals surface area contributed by atoms with E-state index < -0.39 is 15.9 Å². The van der Waals surface area contributed by atoms with Crippen LogP contribution in [0.1, 0.15) is 21.7 Å². The normalized spacial score (nSPS) is 11.7. The monoisotopic (exact) mass is 340 g/mol. The van der Waals surface area contributed by atoms with E-state index in [9.17, 15) is 13.2 Å². The van der Waals surface area contributed by atoms with Crippen molar-refractivity contribution in [1.29, 1.82) is 0 Å². The number of amides is 1. The lowest BCUT2D eigenvalue weighted by molar-refractivity contribution is 0.0996. The molecule has 1 heterocycles. The van der Waals surface area contributed by atoms with E-state index in [4.69, 9.17) is 17.3 Å². The summed E-state index contributed by atoms with van der Waals surface area (Å²) in [4.78, 5) is 11.2. The first kappa shape index (κ1) is 16.1. The molecule has 0 radical (unpaired) electrons. The van der Waals surface area contributed by atoms with Crippen molar-refractivity contribution < 1.29 is 13.2 Å². The second-order valence-electron chi connectivity index (χ2n) is 4.44. The number of nitrogens with one attached hydrogen (secondary N) is 2. The topological polar surface area (TPSA) is 118 Å². The van der Waals surface area contributed by atoms with Crippen molar-refractivity contribution >= 4 is 39.3 Å². The number of nitrogens with zero attached hydrogens (tertiary/aromatic N) is 1. The van der Waals surface area contributed by atoms with Crippen LogP contribution in [0.25, 0.3) is 6.08 Å². The standard InChI is InChI=1S/C13H13ClN4O3S/c1-8-11(12(13(15)19)17-16-8)18-22(20,21)7-6-9-2-4-10(14)5-3-9/h2-7,18H,1H3,(H2,15,19)(H,16,17)/b7-6+. The van der Waals surface area contributed by atoms with E-state index in [2.05, 4.69) is 14.9 Å². The molecule has 0 unspecified atom stereocenters. The van der Waals surface area contributed by atoms with Crippen molar-refractivity contribution in [2.75, 3.05) is 4.72 Å². The van der Waals surface area contributed by atoms with Crippen LogP contribution in [0, 0.1) is 6.92 Å². The number of carbonyl (C=O) groups excluding carboxylic acids is 1. The number of carbonyl (C=O) groups is 1. The molecule has 0 aliphatic carbocycles. The van der Waals surface area contributed by atoms with E-state index in [1.165, 1.54) is 6.08 Å². The molecule has 0 atom stereocenters. The van der Waals surface area contributed by atoms with Gasteiger partial charge in [-0.2, -0.15) is 5.10 Å². The number of primary amides is 1. The summed E-state index contributed by atoms with van der Waals surface area (Å²) in [5.41, 5.74) is 6.06. The van der Waals surface area contributed by atoms with E-state index in [1.807, 2.05) is 0 Å². The van der Waals surface area contributed by atoms with Crippen molar-refractivity contribution in [2.45, 2.75) is 6.92 Å². The van der Waals surface area contributed by atoms with E-state index >= 15 is 0 Å². The summed E-state index contributed by atoms with van der Waals surface area (Å²) in [5, 5.41) is 7.70. The summed E-state index contributed by atoms with van der Waals surface area (Å²) in [5.74, 6) is -0.830. The zero-order valence-corrected chi connectivity index (χ0v) is 13.1. The number of H-pyrrole nitrogens is 1. The Labute approximate surface area is 132 Å². The number of aromatic nitrogens is 2. The lowest BCUT2D eigenvalue weighted by Crippen LogP contribution is -2.17. The van der Waals surface area contributed by atoms with Gasteiger partial charge in [0.15, 0.2) is 5.69 Å². The van der Waals surface area contributed by atoms with Crippen molar-refractivity contribution in [3.8, 4) is 0 Å². The van der Waals surface area contributed by atoms with Gasteiger partial charge in [-0.25, -0.2) is 8.42 Å². The number of sulfonamides is 1. The van der Waals surface area contributed by atoms with Gasteiger partial charge >= 0.3 is 0 Å². The zero-order valence-electron chi connectivity index (χ0n) is 11.5. The Bertz CT molecular complexity index is 825. The van der Waals surface area contributed by atoms with Crippen molar-refractivity contribution in [1.82, 2.24) is 10.2 Å². The summed E-state index contributed by atoms with van der Waals surface area (Å²) in [7, 11) is -3.82. The van der Waals surface area contributed by atoms with Gasteiger partial charge in [-0.15, -0.1) is 0 Å². The van der Waals surface area contributed by atoms with Crippen LogP contribution in [0.4, 0.5) is 5.69 Å². The van der Waals surface area contributed by atoms with Crippen LogP contribution < -0.4 is 10.5 Å². The molecular weight excluding hydrogens is 328 g/mol. The number of anilines is 1. The van der Waals surface area contributed by atoms with Gasteiger partial charge in [0.1, 0.15) is 5.69 Å². The fourth-order valence-corrected chi connectivity index (χ4v) is 2.72. The first-order valence-electron chi connectivity index (χ1n) is 6.10. The minimum atomic E-state index is -3.82. The van der Waals surface area contributed by atoms with Gasteiger partial charge in [0, 0.05) is 5.02 Å². The average Bonchev–Trinajstić information content (AvgIpc) is 2.79. The Hall–Kier alpha value is -2.32. The Balaban J connectivity index is 2.23. The van der Waals surface area contributed by atoms with Crippen molar-refractivity contribution in [3.05, 3.63) is 51.6 Å². The Morgan fingerprint density at radius 1 is 1.36 bits per heavy atom. The number of rotatable bonds is 5. The van der Waals surface area contributed by atoms with Crippen LogP contribution in [0.2, 0.25) is 5.02 Å². The van der Waals surface area contributed by atoms with Crippen LogP contribution in [0.3, 0.4) is 0 Å². The molecule has 0 saturated heterocycles. The Kier molecular flexibility index (Phi) is 4.53. The van der Waals surface area contributed by atoms with E-state index in [0.29, 0.717) is 16.3 Å². The van der Waals surface area contributed by atoms with Gasteiger partial charge < -0.3 is 5.73 Å². The number of nitrogens with two attached hydrogens (primary N) is 1. The molecule has 0 aliphatic heterocycles. The Morgan fingerprint density at radius 2 is 2.00 bits per heavy atom. The third-order valence-corrected chi connectivity index (χ3v) is 3.97. The highest BCUT2D eigenvalue weighted by Crippen LogP contribution is 2.19. The molecule has 7 nitrogen and oxygen atoms in total. The predicted molar refractivity (Wildman–Crippen MR) is 84.9 cm³/mol. The van der Waals surface area contributed by atoms with Gasteiger partial charge in [0.2, 0.25) is 0 Å². The summed E-state index contributed by atoms with van der Waals surface area (Å²) < 4.78 is 26.4. The largest absolute Gasteiger partial charge is 0.364 e. The van der Waals surface area contributed by atoms with Crippen LogP contribution in [0.15, 0.2) is 29.7 Å². The molecule has 0 spiro atoms. The highest BCUT2D eigenvalue weighted by molar-refractivity contribution is 7.95. The number of hydrogen-bond donors (Lipinski definition) is 3. The van der Waals surface area contributed by atoms with Gasteiger partial charge in [0.05, 0.1) is 11.1 Å². The highest BCUT2D eigenvalue weighted by atomic mass is 35.5. The SMILES string of the molecule is Cc1[nH]nc(C(N)=O)c1NS(=O)(=O)/C=C/c1ccc(Cl)cc1. The third kappa shape index (κ3) is 3.86. The molecule has 0 saturated carbocycles. The van der Waals surface area contributed by atoms with Crippen LogP contribution >= 0.6 is 11.6 Å². The lowest BCUT2D eigenvalue weighted by atomic mass is 10.2. The minimum Gasteiger partial charge on any atom is -0.364 e. The maximum Gasteiger partial charge on any atom is 0.271 e. The van der Waals surface area contributed by atoms with Crippen LogP contribution in [-0.2, 0) is 10.0 Å². The smallest absolute Gasteiger partial charge is 0.271 e. The number of aryl methyl sites for hydroxylation is 1. The molecule has 2 rings (SSSR count). The molecule has 4 N–H and O–H groups in total. The molecule has 9 heteroatoms. The van der Waals surface area contributed by atoms with Crippen LogP contribution in [-0.4, -0.2) is 24.5 Å². The summed E-state index contributed by atoms with van der Waals surface area (Å²) >= 11 is 5.75. The molecule has 1 aromatic heterocycles. The minimum absolute atomic E-state index is 0.0354. The average molecular weight is 341 g/mol. The molecule has 1 amide bonds. The van der Waals surface area contributed by atoms with Crippen molar-refractivity contribution in [2.24, 2.45) is 5.73 Å². The lowest BCUT2D eigenvalue weighted by Gasteiger charge is -2.04. The fraction of sp³-hybridized carbons (Fsp3) is 0.0769. The molecule has 22 heavy (non-hydrogen) atoms. The van der Waals surface area contributed by atoms with Crippen molar-refractivity contribution in [3.63, 3.8) is 0 Å². The van der Waals surface area contributed by atoms with E-state index in [-0.39, 0.29) is 11.4 Å². The molecule has 0 aliphatic rings. The first-order valence-corrected chi connectivity index (χ1v) is 8.02. The number of hydrogen-bond acceptors (Lipinski definition) is 4. The van der Waals surface area contributed by atoms with Gasteiger partial charge in [0.25, 0.3) is 15.9 Å². The number of halogens is 1. The summed E-state index contributed by atoms with van der Waals surface area (Å²) in [6, 6.07) is 6.64. The van der Waals surface area contributed by atoms with Gasteiger partial charge in [-0.3, -0.25) is 14.6 Å². The van der Waals surface area contributed by atoms with E-state index in [0.717, 1.165) is 5.41 Å². The third-order valence-electron chi connectivity index (χ3n) is 2.73. The molecule has 0 bridgehead atoms. The zero-order chi connectivity index (χ0) is 16.3. The quantitative estimate of drug-likeness (QED) is 0.770. The van der Waals surface area contributed by atoms with Gasteiger partial charge in [-0.05, 0) is 30.7 Å². The molecule has 1 aromatic carbocycles. The second kappa shape index (κ2) is 6.20. The summed E-state index contributed by atoms with van der Waals surface area (Å²) in [6.45, 7) is 1.57. The maximum absolute atomic E-state index is 12.0. The number of benzene rings is 1. The second-order valence-corrected chi connectivity index (χ2v) is 6.44. The van der Waals surface area contributed by atoms with E-state index in [1.54, 1.807) is 31.2 Å². The van der Waals surface area contributed by atoms with Crippen LogP contribution in [0.5, 0.6) is 0 Å². The molecule has 0 fully saturated rings. The predicted octanol–water partition coefficient (Wildman–Crippen LogP) is 1.88. The first-order chi connectivity index (χ1) is 10.3. The summed E-state index contributed by atoms with van der Waals surface area (Å²) in [6.07, 6.45) is 1.40. The highest BCUT2D eigenvalue weighted by Gasteiger charge is 2.18. The number of aromatic amines is 1. The van der Waals surface area contributed by atoms with Gasteiger partial charge in [-0.1, -0.05) is 23.7 Å². The molecule has 2 aromatic rings. The molecular formula is C13H13ClN4O3S. The fourth-order valence-electron chi connectivity index (χ4n) is 1.65. The Morgan fingerprint density at radius 3 is 2.59 bits per heavy atom.